The van der Waals surface area contributed by atoms with Crippen LogP contribution in [0.25, 0.3) is 0 Å². The fourth-order valence-corrected chi connectivity index (χ4v) is 0. The van der Waals surface area contributed by atoms with Crippen molar-refractivity contribution in [1.82, 2.24) is 0 Å². The molecule has 0 aromatic heterocycles. The molecular formula is CeGdOPr+7. The summed E-state index contributed by atoms with van der Waals surface area (Å²) in [7, 11) is 0. The van der Waals surface area contributed by atoms with E-state index in [0.29, 0.717) is 0 Å². The average molecular weight is 454 g/mol. The molecule has 0 aliphatic carbocycles. The van der Waals surface area contributed by atoms with Crippen LogP contribution >= 0.6 is 0 Å². The van der Waals surface area contributed by atoms with Gasteiger partial charge in [-0.1, -0.05) is 0 Å². The zero-order valence-electron chi connectivity index (χ0n) is 1.84. The predicted molar refractivity (Wildman–Crippen MR) is 0.686 cm³/mol. The summed E-state index contributed by atoms with van der Waals surface area (Å²) in [6, 6.07) is 0. The Morgan fingerprint density at radius 2 is 1.00 bits per heavy atom. The van der Waals surface area contributed by atoms with E-state index in [1.807, 2.05) is 0 Å². The van der Waals surface area contributed by atoms with Gasteiger partial charge in [0.05, 0.1) is 0 Å². The van der Waals surface area contributed by atoms with Crippen LogP contribution in [-0.2, 0) is 5.48 Å². The molecule has 0 N–H and O–H groups in total. The van der Waals surface area contributed by atoms with Gasteiger partial charge in [-0.3, -0.25) is 0 Å². The molecule has 0 aliphatic heterocycles. The third-order valence-corrected chi connectivity index (χ3v) is 0. The fraction of sp³-hybridized carbons (Fsp3) is 0. The molecule has 0 bridgehead atoms. The van der Waals surface area contributed by atoms with Crippen LogP contribution in [0.4, 0.5) is 0 Å². The summed E-state index contributed by atoms with van der Waals surface area (Å²) in [6.07, 6.45) is 0. The van der Waals surface area contributed by atoms with Crippen molar-refractivity contribution in [2.75, 3.05) is 0 Å². The van der Waals surface area contributed by atoms with Crippen LogP contribution in [0, 0.1) is 123 Å². The first-order valence-electron chi connectivity index (χ1n) is 0. The Morgan fingerprint density at radius 1 is 1.00 bits per heavy atom. The van der Waals surface area contributed by atoms with Gasteiger partial charge in [0.25, 0.3) is 0 Å². The number of hydrogen-bond acceptors (Lipinski definition) is 0. The van der Waals surface area contributed by atoms with Gasteiger partial charge in [0.1, 0.15) is 0 Å². The molecule has 0 aromatic carbocycles. The quantitative estimate of drug-likeness (QED) is 0.489. The van der Waals surface area contributed by atoms with Gasteiger partial charge in [-0.2, -0.15) is 0 Å². The Morgan fingerprint density at radius 3 is 1.00 bits per heavy atom. The van der Waals surface area contributed by atoms with Gasteiger partial charge < -0.3 is 5.48 Å². The molecular weight excluding hydrogens is 454 g/mol. The third kappa shape index (κ3) is 9.39. The third-order valence-electron chi connectivity index (χ3n) is 0. The Bertz CT molecular complexity index is 8.00. The van der Waals surface area contributed by atoms with Crippen molar-refractivity contribution >= 4 is 0 Å². The van der Waals surface area contributed by atoms with Crippen molar-refractivity contribution in [2.24, 2.45) is 0 Å². The minimum absolute atomic E-state index is 0. The summed E-state index contributed by atoms with van der Waals surface area (Å²) in [5, 5.41) is 0. The van der Waals surface area contributed by atoms with Gasteiger partial charge in [-0.15, -0.1) is 0 Å². The van der Waals surface area contributed by atoms with E-state index in [2.05, 4.69) is 0 Å². The van der Waals surface area contributed by atoms with Crippen molar-refractivity contribution in [1.29, 1.82) is 0 Å². The van der Waals surface area contributed by atoms with Crippen LogP contribution in [-0.4, -0.2) is 0 Å². The second-order valence-electron chi connectivity index (χ2n) is 0. The smallest absolute Gasteiger partial charge is 2.00 e. The molecule has 0 atom stereocenters. The second-order valence-corrected chi connectivity index (χ2v) is 0. The predicted octanol–water partition coefficient (Wildman–Crippen LogP) is -0.119. The Balaban J connectivity index is 0. The standard InChI is InChI=1S/Ce.Gd.O.Pr/q2*+3;-2;+3. The molecule has 0 aliphatic rings. The van der Waals surface area contributed by atoms with Gasteiger partial charge in [0, 0.05) is 0 Å². The molecule has 0 fully saturated rings. The molecule has 0 spiro atoms. The summed E-state index contributed by atoms with van der Waals surface area (Å²) in [4.78, 5) is 0. The van der Waals surface area contributed by atoms with Crippen molar-refractivity contribution in [3.8, 4) is 0 Å². The zero-order valence-corrected chi connectivity index (χ0v) is 11.0. The SMILES string of the molecule is [Ce+3].[Gd+3].[O-2].[Pr+3]. The zero-order chi connectivity index (χ0) is 0. The average Bonchev–Trinajstić information content (AvgIpc) is 0. The molecule has 0 saturated carbocycles. The molecule has 0 amide bonds. The van der Waals surface area contributed by atoms with E-state index in [-0.39, 0.29) is 128 Å². The number of rotatable bonds is 0. The molecule has 0 heterocycles. The van der Waals surface area contributed by atoms with E-state index >= 15 is 0 Å². The van der Waals surface area contributed by atoms with Crippen LogP contribution in [0.15, 0.2) is 0 Å². The van der Waals surface area contributed by atoms with E-state index in [1.165, 1.54) is 0 Å². The van der Waals surface area contributed by atoms with Gasteiger partial charge in [-0.05, 0) is 0 Å². The van der Waals surface area contributed by atoms with Gasteiger partial charge in [0.15, 0.2) is 0 Å². The van der Waals surface area contributed by atoms with Crippen molar-refractivity contribution < 1.29 is 128 Å². The molecule has 4 heavy (non-hydrogen) atoms. The van der Waals surface area contributed by atoms with Crippen LogP contribution < -0.4 is 0 Å². The molecule has 0 saturated heterocycles. The summed E-state index contributed by atoms with van der Waals surface area (Å²) in [5.74, 6) is 0. The van der Waals surface area contributed by atoms with E-state index in [9.17, 15) is 0 Å². The Hall–Kier alpha value is 4.02. The van der Waals surface area contributed by atoms with Crippen LogP contribution in [0.3, 0.4) is 0 Å². The van der Waals surface area contributed by atoms with Gasteiger partial charge in [0.2, 0.25) is 0 Å². The molecule has 0 unspecified atom stereocenters. The maximum atomic E-state index is 0. The van der Waals surface area contributed by atoms with Gasteiger partial charge >= 0.3 is 123 Å². The Kier molecular flexibility index (Phi) is 96.2. The Labute approximate surface area is 124 Å². The normalized spacial score (nSPS) is 0. The summed E-state index contributed by atoms with van der Waals surface area (Å²) >= 11 is 0. The first-order chi connectivity index (χ1) is 0. The van der Waals surface area contributed by atoms with Gasteiger partial charge in [-0.25, -0.2) is 0 Å². The summed E-state index contributed by atoms with van der Waals surface area (Å²) in [6.45, 7) is 0. The van der Waals surface area contributed by atoms with Crippen molar-refractivity contribution in [3.05, 3.63) is 0 Å². The van der Waals surface area contributed by atoms with Crippen LogP contribution in [0.5, 0.6) is 0 Å². The maximum absolute atomic E-state index is 0. The molecule has 2 radical (unpaired) electrons. The van der Waals surface area contributed by atoms with E-state index in [0.717, 1.165) is 0 Å². The second kappa shape index (κ2) is 15.7. The summed E-state index contributed by atoms with van der Waals surface area (Å²) < 4.78 is 0. The first-order valence-corrected chi connectivity index (χ1v) is 0. The molecule has 0 rings (SSSR count). The maximum Gasteiger partial charge on any atom is 3.00 e. The largest absolute Gasteiger partial charge is 3.00 e. The molecule has 4 heteroatoms. The molecule has 0 aromatic rings. The van der Waals surface area contributed by atoms with Crippen LogP contribution in [0.1, 0.15) is 0 Å². The van der Waals surface area contributed by atoms with E-state index in [1.54, 1.807) is 0 Å². The molecule has 14 valence electrons. The van der Waals surface area contributed by atoms with Crippen LogP contribution in [0.2, 0.25) is 0 Å². The minimum atomic E-state index is 0. The van der Waals surface area contributed by atoms with Crippen molar-refractivity contribution in [3.63, 3.8) is 0 Å². The monoisotopic (exact) mass is 455 g/mol. The number of hydrogen-bond donors (Lipinski definition) is 0. The topological polar surface area (TPSA) is 28.5 Å². The van der Waals surface area contributed by atoms with Crippen molar-refractivity contribution in [2.45, 2.75) is 0 Å². The van der Waals surface area contributed by atoms with E-state index in [4.69, 9.17) is 0 Å². The van der Waals surface area contributed by atoms with E-state index < -0.39 is 0 Å². The molecule has 1 nitrogen and oxygen atoms in total. The summed E-state index contributed by atoms with van der Waals surface area (Å²) in [5.41, 5.74) is 0. The first kappa shape index (κ1) is 24.4. The minimum Gasteiger partial charge on any atom is -2.00 e. The fourth-order valence-electron chi connectivity index (χ4n) is 0.